The summed E-state index contributed by atoms with van der Waals surface area (Å²) in [6.07, 6.45) is 0.430. The first-order valence-electron chi connectivity index (χ1n) is 8.39. The van der Waals surface area contributed by atoms with Gasteiger partial charge in [0, 0.05) is 32.0 Å². The van der Waals surface area contributed by atoms with Gasteiger partial charge in [0.1, 0.15) is 0 Å². The fourth-order valence-electron chi connectivity index (χ4n) is 2.99. The summed E-state index contributed by atoms with van der Waals surface area (Å²) in [4.78, 5) is 17.1. The molecule has 0 aliphatic carbocycles. The van der Waals surface area contributed by atoms with Crippen molar-refractivity contribution in [2.75, 3.05) is 16.8 Å². The number of carbonyl (C=O) groups is 1. The van der Waals surface area contributed by atoms with Gasteiger partial charge in [0.25, 0.3) is 0 Å². The van der Waals surface area contributed by atoms with Crippen LogP contribution in [0.5, 0.6) is 0 Å². The van der Waals surface area contributed by atoms with Gasteiger partial charge >= 0.3 is 0 Å². The quantitative estimate of drug-likeness (QED) is 0.479. The van der Waals surface area contributed by atoms with Crippen molar-refractivity contribution in [2.24, 2.45) is 0 Å². The number of hydrogen-bond acceptors (Lipinski definition) is 3. The summed E-state index contributed by atoms with van der Waals surface area (Å²) in [5, 5.41) is 2.98. The van der Waals surface area contributed by atoms with E-state index in [1.807, 2.05) is 36.4 Å². The number of nitrogens with one attached hydrogen (secondary N) is 1. The van der Waals surface area contributed by atoms with Gasteiger partial charge in [-0.05, 0) is 71.1 Å². The molecular formula is C21H17IN2OS. The van der Waals surface area contributed by atoms with Gasteiger partial charge in [0.15, 0.2) is 0 Å². The first kappa shape index (κ1) is 17.4. The van der Waals surface area contributed by atoms with Crippen LogP contribution in [-0.2, 0) is 4.79 Å². The molecule has 1 aliphatic heterocycles. The van der Waals surface area contributed by atoms with E-state index in [4.69, 9.17) is 0 Å². The SMILES string of the molecule is O=C(CCN1c2ccccc2Sc2ccccc21)Nc1ccc(I)cc1. The molecule has 1 heterocycles. The molecule has 1 aliphatic rings. The zero-order valence-electron chi connectivity index (χ0n) is 14.0. The smallest absolute Gasteiger partial charge is 0.226 e. The largest absolute Gasteiger partial charge is 0.339 e. The molecule has 0 atom stereocenters. The summed E-state index contributed by atoms with van der Waals surface area (Å²) < 4.78 is 1.15. The topological polar surface area (TPSA) is 32.3 Å². The van der Waals surface area contributed by atoms with Crippen LogP contribution in [-0.4, -0.2) is 12.5 Å². The van der Waals surface area contributed by atoms with Gasteiger partial charge in [-0.2, -0.15) is 0 Å². The third-order valence-corrected chi connectivity index (χ3v) is 6.07. The van der Waals surface area contributed by atoms with Crippen LogP contribution < -0.4 is 10.2 Å². The van der Waals surface area contributed by atoms with Crippen molar-refractivity contribution in [3.63, 3.8) is 0 Å². The Labute approximate surface area is 170 Å². The lowest BCUT2D eigenvalue weighted by Crippen LogP contribution is -2.25. The van der Waals surface area contributed by atoms with E-state index in [-0.39, 0.29) is 5.91 Å². The highest BCUT2D eigenvalue weighted by molar-refractivity contribution is 14.1. The van der Waals surface area contributed by atoms with Crippen molar-refractivity contribution in [2.45, 2.75) is 16.2 Å². The number of anilines is 3. The Bertz CT molecular complexity index is 897. The molecule has 0 fully saturated rings. The zero-order chi connectivity index (χ0) is 17.9. The minimum Gasteiger partial charge on any atom is -0.339 e. The van der Waals surface area contributed by atoms with E-state index < -0.39 is 0 Å². The van der Waals surface area contributed by atoms with E-state index in [1.165, 1.54) is 21.2 Å². The normalized spacial score (nSPS) is 12.3. The zero-order valence-corrected chi connectivity index (χ0v) is 17.0. The van der Waals surface area contributed by atoms with Crippen molar-refractivity contribution < 1.29 is 4.79 Å². The highest BCUT2D eigenvalue weighted by atomic mass is 127. The predicted molar refractivity (Wildman–Crippen MR) is 116 cm³/mol. The summed E-state index contributed by atoms with van der Waals surface area (Å²) in [5.41, 5.74) is 3.17. The molecule has 3 nitrogen and oxygen atoms in total. The number of benzene rings is 3. The van der Waals surface area contributed by atoms with Gasteiger partial charge < -0.3 is 10.2 Å². The van der Waals surface area contributed by atoms with E-state index in [1.54, 1.807) is 11.8 Å². The number of fused-ring (bicyclic) bond motifs is 2. The van der Waals surface area contributed by atoms with E-state index in [0.717, 1.165) is 9.26 Å². The van der Waals surface area contributed by atoms with Crippen LogP contribution in [0.25, 0.3) is 0 Å². The van der Waals surface area contributed by atoms with E-state index >= 15 is 0 Å². The van der Waals surface area contributed by atoms with Crippen LogP contribution in [0, 0.1) is 3.57 Å². The fraction of sp³-hybridized carbons (Fsp3) is 0.0952. The van der Waals surface area contributed by atoms with Crippen LogP contribution in [0.4, 0.5) is 17.1 Å². The standard InChI is InChI=1S/C21H17IN2OS/c22-15-9-11-16(12-10-15)23-21(25)13-14-24-17-5-1-3-7-19(17)26-20-8-4-2-6-18(20)24/h1-12H,13-14H2,(H,23,25). The van der Waals surface area contributed by atoms with Crippen molar-refractivity contribution in [1.82, 2.24) is 0 Å². The second kappa shape index (κ2) is 7.72. The van der Waals surface area contributed by atoms with Crippen LogP contribution in [0.2, 0.25) is 0 Å². The van der Waals surface area contributed by atoms with Crippen LogP contribution in [0.15, 0.2) is 82.6 Å². The molecule has 130 valence electrons. The van der Waals surface area contributed by atoms with Crippen molar-refractivity contribution in [1.29, 1.82) is 0 Å². The van der Waals surface area contributed by atoms with Gasteiger partial charge in [-0.3, -0.25) is 4.79 Å². The molecular weight excluding hydrogens is 455 g/mol. The number of nitrogens with zero attached hydrogens (tertiary/aromatic N) is 1. The van der Waals surface area contributed by atoms with Crippen LogP contribution >= 0.6 is 34.4 Å². The Kier molecular flexibility index (Phi) is 5.17. The third kappa shape index (κ3) is 3.73. The van der Waals surface area contributed by atoms with E-state index in [0.29, 0.717) is 13.0 Å². The predicted octanol–water partition coefficient (Wildman–Crippen LogP) is 5.92. The maximum absolute atomic E-state index is 12.4. The van der Waals surface area contributed by atoms with E-state index in [9.17, 15) is 4.79 Å². The van der Waals surface area contributed by atoms with Crippen LogP contribution in [0.3, 0.4) is 0 Å². The maximum Gasteiger partial charge on any atom is 0.226 e. The molecule has 1 amide bonds. The Morgan fingerprint density at radius 1 is 0.885 bits per heavy atom. The summed E-state index contributed by atoms with van der Waals surface area (Å²) in [6.45, 7) is 0.644. The Balaban J connectivity index is 1.51. The maximum atomic E-state index is 12.4. The molecule has 3 aromatic rings. The molecule has 26 heavy (non-hydrogen) atoms. The van der Waals surface area contributed by atoms with Gasteiger partial charge in [-0.25, -0.2) is 0 Å². The van der Waals surface area contributed by atoms with Crippen molar-refractivity contribution in [3.05, 3.63) is 76.4 Å². The molecule has 3 aromatic carbocycles. The molecule has 4 rings (SSSR count). The summed E-state index contributed by atoms with van der Waals surface area (Å²) in [6, 6.07) is 24.6. The highest BCUT2D eigenvalue weighted by Crippen LogP contribution is 2.47. The molecule has 0 radical (unpaired) electrons. The Hall–Kier alpha value is -1.99. The minimum atomic E-state index is 0.0272. The lowest BCUT2D eigenvalue weighted by atomic mass is 10.2. The molecule has 0 bridgehead atoms. The Morgan fingerprint density at radius 2 is 1.46 bits per heavy atom. The molecule has 0 unspecified atom stereocenters. The lowest BCUT2D eigenvalue weighted by Gasteiger charge is -2.32. The summed E-state index contributed by atoms with van der Waals surface area (Å²) in [5.74, 6) is 0.0272. The van der Waals surface area contributed by atoms with E-state index in [2.05, 4.69) is 69.2 Å². The van der Waals surface area contributed by atoms with Gasteiger partial charge in [0.2, 0.25) is 5.91 Å². The second-order valence-corrected chi connectivity index (χ2v) is 8.32. The lowest BCUT2D eigenvalue weighted by molar-refractivity contribution is -0.116. The minimum absolute atomic E-state index is 0.0272. The molecule has 0 saturated carbocycles. The molecule has 0 aromatic heterocycles. The van der Waals surface area contributed by atoms with Gasteiger partial charge in [0.05, 0.1) is 11.4 Å². The van der Waals surface area contributed by atoms with Crippen molar-refractivity contribution in [3.8, 4) is 0 Å². The van der Waals surface area contributed by atoms with Crippen molar-refractivity contribution >= 4 is 57.3 Å². The fourth-order valence-corrected chi connectivity index (χ4v) is 4.45. The second-order valence-electron chi connectivity index (χ2n) is 5.99. The Morgan fingerprint density at radius 3 is 2.08 bits per heavy atom. The number of amides is 1. The van der Waals surface area contributed by atoms with Crippen LogP contribution in [0.1, 0.15) is 6.42 Å². The summed E-state index contributed by atoms with van der Waals surface area (Å²) in [7, 11) is 0. The molecule has 5 heteroatoms. The van der Waals surface area contributed by atoms with Gasteiger partial charge in [-0.1, -0.05) is 36.0 Å². The number of hydrogen-bond donors (Lipinski definition) is 1. The third-order valence-electron chi connectivity index (χ3n) is 4.22. The molecule has 0 saturated heterocycles. The molecule has 1 N–H and O–H groups in total. The summed E-state index contributed by atoms with van der Waals surface area (Å²) >= 11 is 4.04. The first-order valence-corrected chi connectivity index (χ1v) is 10.3. The first-order chi connectivity index (χ1) is 12.7. The molecule has 0 spiro atoms. The van der Waals surface area contributed by atoms with Gasteiger partial charge in [-0.15, -0.1) is 0 Å². The number of halogens is 1. The number of para-hydroxylation sites is 2. The number of rotatable bonds is 4. The monoisotopic (exact) mass is 472 g/mol. The number of carbonyl (C=O) groups excluding carboxylic acids is 1. The average Bonchev–Trinajstić information content (AvgIpc) is 2.67. The average molecular weight is 472 g/mol. The highest BCUT2D eigenvalue weighted by Gasteiger charge is 2.23.